The molecule has 0 bridgehead atoms. The highest BCUT2D eigenvalue weighted by molar-refractivity contribution is 7.14. The van der Waals surface area contributed by atoms with Gasteiger partial charge >= 0.3 is 0 Å². The molecule has 0 saturated carbocycles. The molecule has 0 fully saturated rings. The minimum atomic E-state index is -0.338. The summed E-state index contributed by atoms with van der Waals surface area (Å²) in [6.45, 7) is 12.4. The summed E-state index contributed by atoms with van der Waals surface area (Å²) in [4.78, 5) is 4.65. The number of ether oxygens (including phenoxy) is 6. The molecule has 3 aliphatic heterocycles. The summed E-state index contributed by atoms with van der Waals surface area (Å²) in [5.74, 6) is 5.14. The van der Waals surface area contributed by atoms with Crippen LogP contribution in [0.1, 0.15) is 53.6 Å². The normalized spacial score (nSPS) is 18.5. The van der Waals surface area contributed by atoms with E-state index in [2.05, 4.69) is 38.5 Å². The Bertz CT molecular complexity index is 1220. The second-order valence-electron chi connectivity index (χ2n) is 9.34. The van der Waals surface area contributed by atoms with Crippen molar-refractivity contribution in [2.75, 3.05) is 39.6 Å². The number of hydrogen-bond donors (Lipinski definition) is 0. The van der Waals surface area contributed by atoms with Gasteiger partial charge in [0.2, 0.25) is 0 Å². The molecule has 0 aliphatic carbocycles. The molecule has 6 nitrogen and oxygen atoms in total. The number of thiophene rings is 3. The molecule has 3 aromatic heterocycles. The molecular weight excluding hydrogens is 492 g/mol. The van der Waals surface area contributed by atoms with Gasteiger partial charge in [-0.3, -0.25) is 0 Å². The average Bonchev–Trinajstić information content (AvgIpc) is 3.59. The summed E-state index contributed by atoms with van der Waals surface area (Å²) in [6.07, 6.45) is 0.894. The average molecular weight is 521 g/mol. The number of hydrogen-bond acceptors (Lipinski definition) is 9. The first-order valence-corrected chi connectivity index (χ1v) is 14.2. The molecular formula is C25H28O6S3. The van der Waals surface area contributed by atoms with Crippen LogP contribution in [0.4, 0.5) is 0 Å². The SMILES string of the molecule is CCC(C)(c1scc2c1OCCO2)c1sc(C(C)(C)c2scc3c2OCCO3)c2c1OCCO2. The molecule has 0 spiro atoms. The van der Waals surface area contributed by atoms with Gasteiger partial charge in [0.25, 0.3) is 0 Å². The lowest BCUT2D eigenvalue weighted by molar-refractivity contribution is 0.165. The molecule has 6 rings (SSSR count). The summed E-state index contributed by atoms with van der Waals surface area (Å²) in [7, 11) is 0. The van der Waals surface area contributed by atoms with Crippen molar-refractivity contribution in [3.05, 3.63) is 30.3 Å². The first kappa shape index (κ1) is 22.4. The van der Waals surface area contributed by atoms with Crippen LogP contribution in [-0.4, -0.2) is 39.6 Å². The van der Waals surface area contributed by atoms with Crippen LogP contribution in [0, 0.1) is 0 Å². The van der Waals surface area contributed by atoms with Crippen molar-refractivity contribution in [2.24, 2.45) is 0 Å². The van der Waals surface area contributed by atoms with Gasteiger partial charge < -0.3 is 28.4 Å². The Balaban J connectivity index is 1.51. The highest BCUT2D eigenvalue weighted by Gasteiger charge is 2.45. The standard InChI is InChI=1S/C25H28O6S3/c1-5-25(4,22-17-15(13-33-22)27-7-9-29-17)23-19-18(30-10-11-31-19)21(34-23)24(2,3)20-16-14(12-32-20)26-6-8-28-16/h12-13H,5-11H2,1-4H3. The highest BCUT2D eigenvalue weighted by atomic mass is 32.1. The van der Waals surface area contributed by atoms with Crippen LogP contribution in [0.25, 0.3) is 0 Å². The second kappa shape index (κ2) is 8.24. The van der Waals surface area contributed by atoms with Crippen molar-refractivity contribution < 1.29 is 28.4 Å². The van der Waals surface area contributed by atoms with Crippen molar-refractivity contribution >= 4 is 34.0 Å². The van der Waals surface area contributed by atoms with Crippen LogP contribution in [-0.2, 0) is 10.8 Å². The van der Waals surface area contributed by atoms with Crippen LogP contribution >= 0.6 is 34.0 Å². The molecule has 0 aromatic carbocycles. The summed E-state index contributed by atoms with van der Waals surface area (Å²) < 4.78 is 36.5. The van der Waals surface area contributed by atoms with Crippen molar-refractivity contribution in [3.63, 3.8) is 0 Å². The zero-order valence-corrected chi connectivity index (χ0v) is 22.2. The molecule has 1 atom stereocenters. The third-order valence-corrected chi connectivity index (χ3v) is 11.1. The minimum Gasteiger partial charge on any atom is -0.485 e. The second-order valence-corrected chi connectivity index (χ2v) is 12.1. The number of fused-ring (bicyclic) bond motifs is 3. The van der Waals surface area contributed by atoms with Gasteiger partial charge in [-0.2, -0.15) is 0 Å². The Hall–Kier alpha value is -2.10. The summed E-state index contributed by atoms with van der Waals surface area (Å²) in [5.41, 5.74) is -0.632. The smallest absolute Gasteiger partial charge is 0.176 e. The van der Waals surface area contributed by atoms with E-state index < -0.39 is 0 Å². The molecule has 0 N–H and O–H groups in total. The lowest BCUT2D eigenvalue weighted by Gasteiger charge is -2.30. The fourth-order valence-corrected chi connectivity index (χ4v) is 8.68. The summed E-state index contributed by atoms with van der Waals surface area (Å²) >= 11 is 5.17. The minimum absolute atomic E-state index is 0.294. The van der Waals surface area contributed by atoms with E-state index >= 15 is 0 Å². The largest absolute Gasteiger partial charge is 0.485 e. The fourth-order valence-electron chi connectivity index (χ4n) is 4.79. The van der Waals surface area contributed by atoms with E-state index in [1.807, 2.05) is 0 Å². The van der Waals surface area contributed by atoms with Gasteiger partial charge in [-0.15, -0.1) is 34.0 Å². The molecule has 0 saturated heterocycles. The van der Waals surface area contributed by atoms with Crippen LogP contribution in [0.2, 0.25) is 0 Å². The Kier molecular flexibility index (Phi) is 5.42. The Morgan fingerprint density at radius 2 is 1.09 bits per heavy atom. The third kappa shape index (κ3) is 3.23. The van der Waals surface area contributed by atoms with Gasteiger partial charge in [0.1, 0.15) is 39.6 Å². The summed E-state index contributed by atoms with van der Waals surface area (Å²) in [6, 6.07) is 0. The molecule has 3 aliphatic rings. The molecule has 0 amide bonds. The molecule has 9 heteroatoms. The first-order chi connectivity index (χ1) is 16.4. The van der Waals surface area contributed by atoms with Crippen molar-refractivity contribution in [1.82, 2.24) is 0 Å². The predicted octanol–water partition coefficient (Wildman–Crippen LogP) is 6.23. The quantitative estimate of drug-likeness (QED) is 0.398. The van der Waals surface area contributed by atoms with E-state index in [-0.39, 0.29) is 10.8 Å². The van der Waals surface area contributed by atoms with Gasteiger partial charge in [0, 0.05) is 21.6 Å². The van der Waals surface area contributed by atoms with Gasteiger partial charge in [0.15, 0.2) is 34.5 Å². The zero-order chi connectivity index (χ0) is 23.5. The molecule has 34 heavy (non-hydrogen) atoms. The van der Waals surface area contributed by atoms with E-state index in [1.54, 1.807) is 34.0 Å². The van der Waals surface area contributed by atoms with Crippen LogP contribution in [0.3, 0.4) is 0 Å². The Morgan fingerprint density at radius 3 is 1.68 bits per heavy atom. The van der Waals surface area contributed by atoms with Crippen molar-refractivity contribution in [3.8, 4) is 34.5 Å². The van der Waals surface area contributed by atoms with Crippen LogP contribution in [0.15, 0.2) is 10.8 Å². The predicted molar refractivity (Wildman–Crippen MR) is 135 cm³/mol. The maximum absolute atomic E-state index is 6.32. The van der Waals surface area contributed by atoms with Gasteiger partial charge in [-0.25, -0.2) is 0 Å². The number of rotatable bonds is 5. The molecule has 1 unspecified atom stereocenters. The fraction of sp³-hybridized carbons (Fsp3) is 0.520. The lowest BCUT2D eigenvalue weighted by Crippen LogP contribution is -2.25. The van der Waals surface area contributed by atoms with E-state index in [0.717, 1.165) is 50.7 Å². The van der Waals surface area contributed by atoms with Crippen LogP contribution < -0.4 is 28.4 Å². The first-order valence-electron chi connectivity index (χ1n) is 11.6. The monoisotopic (exact) mass is 520 g/mol. The van der Waals surface area contributed by atoms with E-state index in [4.69, 9.17) is 28.4 Å². The van der Waals surface area contributed by atoms with Gasteiger partial charge in [-0.05, 0) is 27.2 Å². The van der Waals surface area contributed by atoms with Crippen molar-refractivity contribution in [1.29, 1.82) is 0 Å². The Labute approximate surface area is 211 Å². The van der Waals surface area contributed by atoms with E-state index in [1.165, 1.54) is 9.75 Å². The molecule has 182 valence electrons. The van der Waals surface area contributed by atoms with E-state index in [9.17, 15) is 0 Å². The van der Waals surface area contributed by atoms with Gasteiger partial charge in [0.05, 0.1) is 19.5 Å². The van der Waals surface area contributed by atoms with Crippen molar-refractivity contribution in [2.45, 2.75) is 44.9 Å². The zero-order valence-electron chi connectivity index (χ0n) is 19.8. The maximum Gasteiger partial charge on any atom is 0.176 e. The highest BCUT2D eigenvalue weighted by Crippen LogP contribution is 2.60. The maximum atomic E-state index is 6.32. The third-order valence-electron chi connectivity index (χ3n) is 6.85. The summed E-state index contributed by atoms with van der Waals surface area (Å²) in [5, 5.41) is 4.12. The Morgan fingerprint density at radius 1 is 0.618 bits per heavy atom. The molecule has 3 aromatic rings. The molecule has 6 heterocycles. The molecule has 0 radical (unpaired) electrons. The van der Waals surface area contributed by atoms with E-state index in [0.29, 0.717) is 39.6 Å². The lowest BCUT2D eigenvalue weighted by atomic mass is 9.82. The van der Waals surface area contributed by atoms with Gasteiger partial charge in [-0.1, -0.05) is 6.92 Å². The van der Waals surface area contributed by atoms with Crippen LogP contribution in [0.5, 0.6) is 34.5 Å². The topological polar surface area (TPSA) is 55.4 Å².